The molecule has 0 amide bonds. The minimum Gasteiger partial charge on any atom is -0.497 e. The maximum absolute atomic E-state index is 10.9. The van der Waals surface area contributed by atoms with Crippen LogP contribution in [0.25, 0.3) is 10.4 Å². The van der Waals surface area contributed by atoms with Crippen LogP contribution < -0.4 is 4.74 Å². The summed E-state index contributed by atoms with van der Waals surface area (Å²) >= 11 is 1.51. The van der Waals surface area contributed by atoms with Crippen LogP contribution in [0, 0.1) is 0 Å². The molecule has 1 N–H and O–H groups in total. The fourth-order valence-electron chi connectivity index (χ4n) is 1.64. The van der Waals surface area contributed by atoms with Crippen LogP contribution in [-0.2, 0) is 4.79 Å². The summed E-state index contributed by atoms with van der Waals surface area (Å²) in [6.45, 7) is 1.70. The third kappa shape index (κ3) is 2.54. The first-order valence-corrected chi connectivity index (χ1v) is 6.40. The molecule has 0 radical (unpaired) electrons. The highest BCUT2D eigenvalue weighted by atomic mass is 32.1. The fraction of sp³-hybridized carbons (Fsp3) is 0.214. The van der Waals surface area contributed by atoms with Gasteiger partial charge in [-0.3, -0.25) is 4.79 Å². The molecule has 1 aromatic carbocycles. The van der Waals surface area contributed by atoms with Gasteiger partial charge in [0.25, 0.3) is 0 Å². The highest BCUT2D eigenvalue weighted by Crippen LogP contribution is 2.33. The first kappa shape index (κ1) is 12.6. The summed E-state index contributed by atoms with van der Waals surface area (Å²) in [5.74, 6) is -0.461. The number of carbonyl (C=O) groups is 1. The molecular weight excluding hydrogens is 248 g/mol. The molecular formula is C14H14O3S. The number of hydrogen-bond donors (Lipinski definition) is 1. The standard InChI is InChI=1S/C14H14O3S/c1-9(14(15)16)12-6-7-13(18-12)10-4-3-5-11(8-10)17-2/h3-9H,1-2H3,(H,15,16). The van der Waals surface area contributed by atoms with Crippen molar-refractivity contribution in [2.75, 3.05) is 7.11 Å². The van der Waals surface area contributed by atoms with Gasteiger partial charge >= 0.3 is 5.97 Å². The van der Waals surface area contributed by atoms with E-state index < -0.39 is 11.9 Å². The summed E-state index contributed by atoms with van der Waals surface area (Å²) in [6, 6.07) is 11.6. The molecule has 94 valence electrons. The van der Waals surface area contributed by atoms with Crippen molar-refractivity contribution < 1.29 is 14.6 Å². The van der Waals surface area contributed by atoms with Crippen molar-refractivity contribution in [3.05, 3.63) is 41.3 Å². The van der Waals surface area contributed by atoms with Gasteiger partial charge in [0.05, 0.1) is 13.0 Å². The van der Waals surface area contributed by atoms with Crippen LogP contribution in [0.4, 0.5) is 0 Å². The van der Waals surface area contributed by atoms with E-state index in [-0.39, 0.29) is 0 Å². The minimum absolute atomic E-state index is 0.464. The predicted octanol–water partition coefficient (Wildman–Crippen LogP) is 3.61. The summed E-state index contributed by atoms with van der Waals surface area (Å²) in [6.07, 6.45) is 0. The zero-order chi connectivity index (χ0) is 13.1. The number of ether oxygens (including phenoxy) is 1. The van der Waals surface area contributed by atoms with E-state index in [0.29, 0.717) is 0 Å². The van der Waals surface area contributed by atoms with E-state index >= 15 is 0 Å². The molecule has 0 aliphatic rings. The number of aliphatic carboxylic acids is 1. The summed E-state index contributed by atoms with van der Waals surface area (Å²) in [7, 11) is 1.63. The van der Waals surface area contributed by atoms with Gasteiger partial charge in [-0.15, -0.1) is 11.3 Å². The smallest absolute Gasteiger partial charge is 0.311 e. The molecule has 0 fully saturated rings. The topological polar surface area (TPSA) is 46.5 Å². The van der Waals surface area contributed by atoms with Crippen molar-refractivity contribution in [1.82, 2.24) is 0 Å². The van der Waals surface area contributed by atoms with Crippen molar-refractivity contribution in [2.45, 2.75) is 12.8 Å². The zero-order valence-corrected chi connectivity index (χ0v) is 11.0. The van der Waals surface area contributed by atoms with E-state index in [1.807, 2.05) is 36.4 Å². The van der Waals surface area contributed by atoms with Crippen molar-refractivity contribution in [2.24, 2.45) is 0 Å². The molecule has 4 heteroatoms. The maximum Gasteiger partial charge on any atom is 0.311 e. The van der Waals surface area contributed by atoms with Crippen LogP contribution in [0.5, 0.6) is 5.75 Å². The highest BCUT2D eigenvalue weighted by Gasteiger charge is 2.16. The Hall–Kier alpha value is -1.81. The molecule has 1 unspecified atom stereocenters. The van der Waals surface area contributed by atoms with Crippen molar-refractivity contribution >= 4 is 17.3 Å². The van der Waals surface area contributed by atoms with Crippen molar-refractivity contribution in [3.63, 3.8) is 0 Å². The van der Waals surface area contributed by atoms with Gasteiger partial charge in [0.2, 0.25) is 0 Å². The Bertz CT molecular complexity index is 560. The van der Waals surface area contributed by atoms with Gasteiger partial charge in [-0.2, -0.15) is 0 Å². The number of benzene rings is 1. The van der Waals surface area contributed by atoms with Gasteiger partial charge in [-0.1, -0.05) is 12.1 Å². The average molecular weight is 262 g/mol. The summed E-state index contributed by atoms with van der Waals surface area (Å²) in [5, 5.41) is 8.98. The molecule has 1 heterocycles. The number of hydrogen-bond acceptors (Lipinski definition) is 3. The van der Waals surface area contributed by atoms with Crippen molar-refractivity contribution in [3.8, 4) is 16.2 Å². The lowest BCUT2D eigenvalue weighted by Gasteiger charge is -2.03. The Balaban J connectivity index is 2.31. The summed E-state index contributed by atoms with van der Waals surface area (Å²) in [5.41, 5.74) is 1.04. The Morgan fingerprint density at radius 3 is 2.78 bits per heavy atom. The second-order valence-corrected chi connectivity index (χ2v) is 5.11. The molecule has 0 aliphatic carbocycles. The largest absolute Gasteiger partial charge is 0.497 e. The van der Waals surface area contributed by atoms with Crippen LogP contribution in [0.2, 0.25) is 0 Å². The van der Waals surface area contributed by atoms with E-state index in [4.69, 9.17) is 9.84 Å². The second kappa shape index (κ2) is 5.23. The van der Waals surface area contributed by atoms with Crippen molar-refractivity contribution in [1.29, 1.82) is 0 Å². The SMILES string of the molecule is COc1cccc(-c2ccc(C(C)C(=O)O)s2)c1. The van der Waals surface area contributed by atoms with Gasteiger partial charge < -0.3 is 9.84 Å². The monoisotopic (exact) mass is 262 g/mol. The normalized spacial score (nSPS) is 12.1. The Morgan fingerprint density at radius 2 is 2.11 bits per heavy atom. The molecule has 3 nitrogen and oxygen atoms in total. The molecule has 18 heavy (non-hydrogen) atoms. The van der Waals surface area contributed by atoms with E-state index in [9.17, 15) is 4.79 Å². The van der Waals surface area contributed by atoms with Gasteiger partial charge in [0.1, 0.15) is 5.75 Å². The number of thiophene rings is 1. The molecule has 2 rings (SSSR count). The third-order valence-electron chi connectivity index (χ3n) is 2.78. The van der Waals surface area contributed by atoms with Crippen LogP contribution in [0.3, 0.4) is 0 Å². The van der Waals surface area contributed by atoms with Crippen LogP contribution in [-0.4, -0.2) is 18.2 Å². The number of carboxylic acids is 1. The molecule has 1 atom stereocenters. The lowest BCUT2D eigenvalue weighted by molar-refractivity contribution is -0.138. The Morgan fingerprint density at radius 1 is 1.33 bits per heavy atom. The lowest BCUT2D eigenvalue weighted by atomic mass is 10.1. The van der Waals surface area contributed by atoms with Crippen LogP contribution in [0.15, 0.2) is 36.4 Å². The predicted molar refractivity (Wildman–Crippen MR) is 72.4 cm³/mol. The molecule has 0 aliphatic heterocycles. The van der Waals surface area contributed by atoms with E-state index in [1.165, 1.54) is 11.3 Å². The first-order chi connectivity index (χ1) is 8.61. The molecule has 0 spiro atoms. The summed E-state index contributed by atoms with van der Waals surface area (Å²) < 4.78 is 5.18. The van der Waals surface area contributed by atoms with E-state index in [0.717, 1.165) is 21.1 Å². The maximum atomic E-state index is 10.9. The van der Waals surface area contributed by atoms with E-state index in [2.05, 4.69) is 0 Å². The molecule has 0 saturated carbocycles. The number of methoxy groups -OCH3 is 1. The quantitative estimate of drug-likeness (QED) is 0.915. The molecule has 2 aromatic rings. The zero-order valence-electron chi connectivity index (χ0n) is 10.2. The lowest BCUT2D eigenvalue weighted by Crippen LogP contribution is -2.04. The third-order valence-corrected chi connectivity index (χ3v) is 4.10. The van der Waals surface area contributed by atoms with Gasteiger partial charge in [0, 0.05) is 9.75 Å². The van der Waals surface area contributed by atoms with E-state index in [1.54, 1.807) is 14.0 Å². The molecule has 0 saturated heterocycles. The highest BCUT2D eigenvalue weighted by molar-refractivity contribution is 7.15. The minimum atomic E-state index is -0.797. The van der Waals surface area contributed by atoms with Gasteiger partial charge in [0.15, 0.2) is 0 Å². The van der Waals surface area contributed by atoms with Crippen LogP contribution >= 0.6 is 11.3 Å². The fourth-order valence-corrected chi connectivity index (χ4v) is 2.69. The second-order valence-electron chi connectivity index (χ2n) is 3.99. The first-order valence-electron chi connectivity index (χ1n) is 5.59. The number of rotatable bonds is 4. The molecule has 1 aromatic heterocycles. The van der Waals surface area contributed by atoms with Gasteiger partial charge in [-0.25, -0.2) is 0 Å². The number of carboxylic acid groups (broad SMARTS) is 1. The average Bonchev–Trinajstić information content (AvgIpc) is 2.87. The molecule has 0 bridgehead atoms. The van der Waals surface area contributed by atoms with Crippen LogP contribution in [0.1, 0.15) is 17.7 Å². The Labute approximate surface area is 110 Å². The Kier molecular flexibility index (Phi) is 3.67. The summed E-state index contributed by atoms with van der Waals surface area (Å²) in [4.78, 5) is 12.8. The van der Waals surface area contributed by atoms with Gasteiger partial charge in [-0.05, 0) is 36.8 Å².